The van der Waals surface area contributed by atoms with Crippen LogP contribution in [0.25, 0.3) is 10.8 Å². The standard InChI is InChI=1S/C15H14O3/c1-9(15(17)18)12-5-3-11-4-6-13(10(2)16)8-14(11)7-12/h3-9H,1-2H3,(H,17,18). The fourth-order valence-corrected chi connectivity index (χ4v) is 1.90. The number of hydrogen-bond donors (Lipinski definition) is 1. The van der Waals surface area contributed by atoms with Gasteiger partial charge in [0, 0.05) is 5.56 Å². The van der Waals surface area contributed by atoms with E-state index in [0.717, 1.165) is 16.3 Å². The van der Waals surface area contributed by atoms with Gasteiger partial charge in [-0.25, -0.2) is 0 Å². The van der Waals surface area contributed by atoms with Gasteiger partial charge in [0.1, 0.15) is 0 Å². The van der Waals surface area contributed by atoms with E-state index in [2.05, 4.69) is 0 Å². The predicted octanol–water partition coefficient (Wildman–Crippen LogP) is 3.23. The van der Waals surface area contributed by atoms with Crippen LogP contribution in [0.4, 0.5) is 0 Å². The van der Waals surface area contributed by atoms with Crippen molar-refractivity contribution in [3.8, 4) is 0 Å². The zero-order valence-corrected chi connectivity index (χ0v) is 10.3. The van der Waals surface area contributed by atoms with E-state index < -0.39 is 11.9 Å². The Balaban J connectivity index is 2.55. The summed E-state index contributed by atoms with van der Waals surface area (Å²) in [6.45, 7) is 3.17. The molecule has 0 saturated heterocycles. The SMILES string of the molecule is CC(=O)c1ccc2ccc(C(C)C(=O)O)cc2c1. The van der Waals surface area contributed by atoms with E-state index in [4.69, 9.17) is 5.11 Å². The number of carboxylic acids is 1. The molecule has 2 aromatic rings. The molecule has 1 atom stereocenters. The number of carbonyl (C=O) groups is 2. The molecule has 3 heteroatoms. The van der Waals surface area contributed by atoms with E-state index in [-0.39, 0.29) is 5.78 Å². The highest BCUT2D eigenvalue weighted by atomic mass is 16.4. The van der Waals surface area contributed by atoms with Gasteiger partial charge in [0.25, 0.3) is 0 Å². The van der Waals surface area contributed by atoms with Crippen LogP contribution < -0.4 is 0 Å². The molecule has 0 aliphatic carbocycles. The van der Waals surface area contributed by atoms with Crippen molar-refractivity contribution >= 4 is 22.5 Å². The lowest BCUT2D eigenvalue weighted by molar-refractivity contribution is -0.138. The van der Waals surface area contributed by atoms with Gasteiger partial charge >= 0.3 is 5.97 Å². The molecule has 1 unspecified atom stereocenters. The number of aliphatic carboxylic acids is 1. The molecule has 0 fully saturated rings. The zero-order chi connectivity index (χ0) is 13.3. The third-order valence-electron chi connectivity index (χ3n) is 3.14. The average Bonchev–Trinajstić information content (AvgIpc) is 2.36. The minimum absolute atomic E-state index is 0.00795. The second-order valence-corrected chi connectivity index (χ2v) is 4.44. The molecule has 0 bridgehead atoms. The average molecular weight is 242 g/mol. The Bertz CT molecular complexity index is 629. The topological polar surface area (TPSA) is 54.4 Å². The first-order valence-electron chi connectivity index (χ1n) is 5.76. The largest absolute Gasteiger partial charge is 0.481 e. The summed E-state index contributed by atoms with van der Waals surface area (Å²) >= 11 is 0. The summed E-state index contributed by atoms with van der Waals surface area (Å²) in [5.74, 6) is -1.39. The molecule has 3 nitrogen and oxygen atoms in total. The summed E-state index contributed by atoms with van der Waals surface area (Å²) in [6.07, 6.45) is 0. The molecule has 2 rings (SSSR count). The molecule has 2 aromatic carbocycles. The Hall–Kier alpha value is -2.16. The maximum absolute atomic E-state index is 11.3. The van der Waals surface area contributed by atoms with Crippen LogP contribution in [0.3, 0.4) is 0 Å². The molecule has 18 heavy (non-hydrogen) atoms. The number of carboxylic acid groups (broad SMARTS) is 1. The van der Waals surface area contributed by atoms with Gasteiger partial charge in [-0.1, -0.05) is 30.3 Å². The van der Waals surface area contributed by atoms with Gasteiger partial charge in [-0.15, -0.1) is 0 Å². The Morgan fingerprint density at radius 3 is 2.33 bits per heavy atom. The molecule has 0 saturated carbocycles. The Labute approximate surface area is 105 Å². The minimum Gasteiger partial charge on any atom is -0.481 e. The van der Waals surface area contributed by atoms with Gasteiger partial charge in [0.2, 0.25) is 0 Å². The molecule has 0 aliphatic rings. The molecule has 0 amide bonds. The highest BCUT2D eigenvalue weighted by molar-refractivity contribution is 5.98. The van der Waals surface area contributed by atoms with Gasteiger partial charge in [-0.3, -0.25) is 9.59 Å². The normalized spacial score (nSPS) is 12.3. The minimum atomic E-state index is -0.850. The quantitative estimate of drug-likeness (QED) is 0.841. The van der Waals surface area contributed by atoms with Crippen LogP contribution in [0.1, 0.15) is 35.7 Å². The van der Waals surface area contributed by atoms with Crippen molar-refractivity contribution in [1.29, 1.82) is 0 Å². The molecule has 92 valence electrons. The highest BCUT2D eigenvalue weighted by Crippen LogP contribution is 2.23. The maximum Gasteiger partial charge on any atom is 0.310 e. The van der Waals surface area contributed by atoms with Crippen LogP contribution in [0.15, 0.2) is 36.4 Å². The van der Waals surface area contributed by atoms with Gasteiger partial charge in [0.05, 0.1) is 5.92 Å². The number of fused-ring (bicyclic) bond motifs is 1. The molecule has 0 radical (unpaired) electrons. The summed E-state index contributed by atoms with van der Waals surface area (Å²) in [5, 5.41) is 10.9. The van der Waals surface area contributed by atoms with Crippen LogP contribution in [-0.4, -0.2) is 16.9 Å². The van der Waals surface area contributed by atoms with Crippen LogP contribution in [0, 0.1) is 0 Å². The molecule has 0 aliphatic heterocycles. The smallest absolute Gasteiger partial charge is 0.310 e. The van der Waals surface area contributed by atoms with Crippen molar-refractivity contribution in [2.45, 2.75) is 19.8 Å². The molecule has 0 heterocycles. The molecule has 0 aromatic heterocycles. The lowest BCUT2D eigenvalue weighted by atomic mass is 9.96. The number of rotatable bonds is 3. The Kier molecular flexibility index (Phi) is 3.15. The second-order valence-electron chi connectivity index (χ2n) is 4.44. The van der Waals surface area contributed by atoms with Crippen LogP contribution in [-0.2, 0) is 4.79 Å². The van der Waals surface area contributed by atoms with E-state index in [1.54, 1.807) is 19.1 Å². The van der Waals surface area contributed by atoms with Crippen LogP contribution in [0.2, 0.25) is 0 Å². The zero-order valence-electron chi connectivity index (χ0n) is 10.3. The first kappa shape index (κ1) is 12.3. The van der Waals surface area contributed by atoms with Crippen molar-refractivity contribution in [2.24, 2.45) is 0 Å². The van der Waals surface area contributed by atoms with Gasteiger partial charge in [-0.2, -0.15) is 0 Å². The molecular formula is C15H14O3. The number of benzene rings is 2. The Morgan fingerprint density at radius 1 is 1.06 bits per heavy atom. The summed E-state index contributed by atoms with van der Waals surface area (Å²) < 4.78 is 0. The van der Waals surface area contributed by atoms with Crippen molar-refractivity contribution in [3.63, 3.8) is 0 Å². The van der Waals surface area contributed by atoms with E-state index in [9.17, 15) is 9.59 Å². The Morgan fingerprint density at radius 2 is 1.72 bits per heavy atom. The summed E-state index contributed by atoms with van der Waals surface area (Å²) in [6, 6.07) is 11.0. The summed E-state index contributed by atoms with van der Waals surface area (Å²) in [7, 11) is 0. The number of Topliss-reactive ketones (excluding diaryl/α,β-unsaturated/α-hetero) is 1. The van der Waals surface area contributed by atoms with Crippen LogP contribution >= 0.6 is 0 Å². The number of hydrogen-bond acceptors (Lipinski definition) is 2. The van der Waals surface area contributed by atoms with Crippen LogP contribution in [0.5, 0.6) is 0 Å². The summed E-state index contributed by atoms with van der Waals surface area (Å²) in [5.41, 5.74) is 1.39. The van der Waals surface area contributed by atoms with E-state index >= 15 is 0 Å². The van der Waals surface area contributed by atoms with Crippen molar-refractivity contribution in [3.05, 3.63) is 47.5 Å². The number of ketones is 1. The first-order chi connectivity index (χ1) is 8.49. The molecule has 1 N–H and O–H groups in total. The first-order valence-corrected chi connectivity index (χ1v) is 5.76. The molecular weight excluding hydrogens is 228 g/mol. The van der Waals surface area contributed by atoms with Crippen molar-refractivity contribution in [1.82, 2.24) is 0 Å². The van der Waals surface area contributed by atoms with Crippen molar-refractivity contribution in [2.75, 3.05) is 0 Å². The van der Waals surface area contributed by atoms with Gasteiger partial charge in [-0.05, 0) is 36.2 Å². The second kappa shape index (κ2) is 4.61. The van der Waals surface area contributed by atoms with E-state index in [0.29, 0.717) is 5.56 Å². The molecule has 0 spiro atoms. The number of carbonyl (C=O) groups excluding carboxylic acids is 1. The predicted molar refractivity (Wildman–Crippen MR) is 70.0 cm³/mol. The third-order valence-corrected chi connectivity index (χ3v) is 3.14. The van der Waals surface area contributed by atoms with Gasteiger partial charge < -0.3 is 5.11 Å². The van der Waals surface area contributed by atoms with Gasteiger partial charge in [0.15, 0.2) is 5.78 Å². The highest BCUT2D eigenvalue weighted by Gasteiger charge is 2.13. The van der Waals surface area contributed by atoms with E-state index in [1.807, 2.05) is 24.3 Å². The fraction of sp³-hybridized carbons (Fsp3) is 0.200. The lowest BCUT2D eigenvalue weighted by Gasteiger charge is -2.08. The van der Waals surface area contributed by atoms with E-state index in [1.165, 1.54) is 6.92 Å². The fourth-order valence-electron chi connectivity index (χ4n) is 1.90. The summed E-state index contributed by atoms with van der Waals surface area (Å²) in [4.78, 5) is 22.3. The lowest BCUT2D eigenvalue weighted by Crippen LogP contribution is -2.07. The van der Waals surface area contributed by atoms with Crippen molar-refractivity contribution < 1.29 is 14.7 Å². The monoisotopic (exact) mass is 242 g/mol. The maximum atomic E-state index is 11.3. The third kappa shape index (κ3) is 2.25.